The van der Waals surface area contributed by atoms with Crippen LogP contribution in [0.2, 0.25) is 0 Å². The maximum Gasteiger partial charge on any atom is 0.262 e. The van der Waals surface area contributed by atoms with E-state index in [4.69, 9.17) is 4.74 Å². The zero-order valence-corrected chi connectivity index (χ0v) is 17.1. The zero-order valence-electron chi connectivity index (χ0n) is 15.0. The number of nitrogens with zero attached hydrogens (tertiary/aromatic N) is 2. The number of para-hydroxylation sites is 2. The molecule has 1 amide bonds. The summed E-state index contributed by atoms with van der Waals surface area (Å²) in [6.07, 6.45) is 0. The van der Waals surface area contributed by atoms with E-state index in [0.717, 1.165) is 47.7 Å². The number of anilines is 2. The third-order valence-corrected chi connectivity index (χ3v) is 5.24. The quantitative estimate of drug-likeness (QED) is 0.665. The minimum atomic E-state index is -0.150. The van der Waals surface area contributed by atoms with E-state index in [1.54, 1.807) is 0 Å². The summed E-state index contributed by atoms with van der Waals surface area (Å²) >= 11 is 2.24. The van der Waals surface area contributed by atoms with Gasteiger partial charge in [-0.25, -0.2) is 0 Å². The lowest BCUT2D eigenvalue weighted by molar-refractivity contribution is -0.118. The van der Waals surface area contributed by atoms with Crippen LogP contribution in [0.25, 0.3) is 0 Å². The molecule has 0 bridgehead atoms. The van der Waals surface area contributed by atoms with Crippen LogP contribution in [0.4, 0.5) is 11.4 Å². The Bertz CT molecular complexity index is 728. The van der Waals surface area contributed by atoms with Gasteiger partial charge in [0, 0.05) is 29.7 Å². The predicted molar refractivity (Wildman–Crippen MR) is 114 cm³/mol. The summed E-state index contributed by atoms with van der Waals surface area (Å²) in [5, 5.41) is 2.99. The number of ether oxygens (including phenoxy) is 1. The number of carbonyl (C=O) groups excluding carboxylic acids is 1. The van der Waals surface area contributed by atoms with Gasteiger partial charge in [0.2, 0.25) is 0 Å². The molecule has 26 heavy (non-hydrogen) atoms. The Morgan fingerprint density at radius 1 is 1.08 bits per heavy atom. The first-order valence-corrected chi connectivity index (χ1v) is 9.98. The van der Waals surface area contributed by atoms with E-state index in [2.05, 4.69) is 50.7 Å². The molecule has 0 atom stereocenters. The largest absolute Gasteiger partial charge is 0.484 e. The number of rotatable bonds is 6. The summed E-state index contributed by atoms with van der Waals surface area (Å²) in [6, 6.07) is 15.6. The summed E-state index contributed by atoms with van der Waals surface area (Å²) in [5.74, 6) is 0.549. The van der Waals surface area contributed by atoms with Gasteiger partial charge >= 0.3 is 0 Å². The Kier molecular flexibility index (Phi) is 6.73. The highest BCUT2D eigenvalue weighted by molar-refractivity contribution is 14.1. The van der Waals surface area contributed by atoms with Gasteiger partial charge in [-0.05, 0) is 65.5 Å². The van der Waals surface area contributed by atoms with Crippen molar-refractivity contribution in [3.8, 4) is 5.75 Å². The van der Waals surface area contributed by atoms with Gasteiger partial charge in [-0.3, -0.25) is 4.79 Å². The van der Waals surface area contributed by atoms with E-state index in [-0.39, 0.29) is 12.5 Å². The molecule has 0 radical (unpaired) electrons. The van der Waals surface area contributed by atoms with Gasteiger partial charge in [0.25, 0.3) is 5.91 Å². The molecule has 2 aromatic rings. The van der Waals surface area contributed by atoms with E-state index < -0.39 is 0 Å². The number of amides is 1. The summed E-state index contributed by atoms with van der Waals surface area (Å²) in [4.78, 5) is 17.1. The van der Waals surface area contributed by atoms with Crippen LogP contribution in [0, 0.1) is 3.57 Å². The monoisotopic (exact) mass is 465 g/mol. The molecule has 1 fully saturated rings. The van der Waals surface area contributed by atoms with Crippen LogP contribution in [0.15, 0.2) is 48.5 Å². The predicted octanol–water partition coefficient (Wildman–Crippen LogP) is 3.45. The topological polar surface area (TPSA) is 44.8 Å². The van der Waals surface area contributed by atoms with Crippen LogP contribution in [-0.2, 0) is 4.79 Å². The van der Waals surface area contributed by atoms with Crippen molar-refractivity contribution < 1.29 is 9.53 Å². The van der Waals surface area contributed by atoms with Gasteiger partial charge in [0.15, 0.2) is 6.61 Å². The van der Waals surface area contributed by atoms with Crippen LogP contribution in [0.5, 0.6) is 5.75 Å². The van der Waals surface area contributed by atoms with Crippen molar-refractivity contribution in [1.82, 2.24) is 4.90 Å². The number of hydrogen-bond donors (Lipinski definition) is 1. The van der Waals surface area contributed by atoms with Crippen molar-refractivity contribution in [2.24, 2.45) is 0 Å². The molecule has 0 saturated carbocycles. The van der Waals surface area contributed by atoms with Gasteiger partial charge in [-0.1, -0.05) is 19.1 Å². The Morgan fingerprint density at radius 2 is 1.77 bits per heavy atom. The average Bonchev–Trinajstić information content (AvgIpc) is 2.68. The van der Waals surface area contributed by atoms with Crippen molar-refractivity contribution in [2.75, 3.05) is 49.5 Å². The van der Waals surface area contributed by atoms with Crippen LogP contribution in [0.3, 0.4) is 0 Å². The number of hydrogen-bond acceptors (Lipinski definition) is 4. The molecule has 0 aromatic heterocycles. The summed E-state index contributed by atoms with van der Waals surface area (Å²) < 4.78 is 6.71. The second-order valence-electron chi connectivity index (χ2n) is 6.23. The maximum atomic E-state index is 12.3. The molecular weight excluding hydrogens is 441 g/mol. The van der Waals surface area contributed by atoms with E-state index in [1.165, 1.54) is 0 Å². The van der Waals surface area contributed by atoms with Crippen molar-refractivity contribution in [2.45, 2.75) is 6.92 Å². The maximum absolute atomic E-state index is 12.3. The lowest BCUT2D eigenvalue weighted by atomic mass is 10.2. The van der Waals surface area contributed by atoms with Crippen LogP contribution < -0.4 is 15.0 Å². The fourth-order valence-electron chi connectivity index (χ4n) is 3.03. The van der Waals surface area contributed by atoms with E-state index in [9.17, 15) is 4.79 Å². The highest BCUT2D eigenvalue weighted by Crippen LogP contribution is 2.26. The molecule has 6 heteroatoms. The van der Waals surface area contributed by atoms with Crippen molar-refractivity contribution in [3.63, 3.8) is 0 Å². The van der Waals surface area contributed by atoms with Gasteiger partial charge in [0.1, 0.15) is 5.75 Å². The number of carbonyl (C=O) groups is 1. The molecule has 0 spiro atoms. The number of likely N-dealkylation sites (N-methyl/N-ethyl adjacent to an activating group) is 1. The summed E-state index contributed by atoms with van der Waals surface area (Å²) in [5.41, 5.74) is 1.92. The smallest absolute Gasteiger partial charge is 0.262 e. The highest BCUT2D eigenvalue weighted by Gasteiger charge is 2.18. The minimum absolute atomic E-state index is 0.00145. The van der Waals surface area contributed by atoms with E-state index in [1.807, 2.05) is 42.5 Å². The Balaban J connectivity index is 1.59. The highest BCUT2D eigenvalue weighted by atomic mass is 127. The number of nitrogens with one attached hydrogen (secondary N) is 1. The molecule has 5 nitrogen and oxygen atoms in total. The number of halogens is 1. The first-order valence-electron chi connectivity index (χ1n) is 8.90. The Morgan fingerprint density at radius 3 is 2.46 bits per heavy atom. The summed E-state index contributed by atoms with van der Waals surface area (Å²) in [7, 11) is 0. The lowest BCUT2D eigenvalue weighted by Crippen LogP contribution is -2.46. The molecule has 0 unspecified atom stereocenters. The first kappa shape index (κ1) is 19.0. The van der Waals surface area contributed by atoms with E-state index >= 15 is 0 Å². The standard InChI is InChI=1S/C20H24IN3O2/c1-2-23-11-13-24(14-12-23)19-6-4-3-5-18(19)22-20(25)15-26-17-9-7-16(21)8-10-17/h3-10H,2,11-15H2,1H3,(H,22,25). The fourth-order valence-corrected chi connectivity index (χ4v) is 3.39. The minimum Gasteiger partial charge on any atom is -0.484 e. The van der Waals surface area contributed by atoms with Gasteiger partial charge in [-0.2, -0.15) is 0 Å². The normalized spacial score (nSPS) is 14.9. The number of piperazine rings is 1. The zero-order chi connectivity index (χ0) is 18.4. The third-order valence-electron chi connectivity index (χ3n) is 4.52. The third kappa shape index (κ3) is 5.11. The van der Waals surface area contributed by atoms with Gasteiger partial charge in [-0.15, -0.1) is 0 Å². The number of benzene rings is 2. The molecule has 1 N–H and O–H groups in total. The molecule has 1 saturated heterocycles. The van der Waals surface area contributed by atoms with Crippen molar-refractivity contribution in [3.05, 3.63) is 52.1 Å². The molecule has 3 rings (SSSR count). The van der Waals surface area contributed by atoms with Gasteiger partial charge in [0.05, 0.1) is 11.4 Å². The Hall–Kier alpha value is -1.80. The van der Waals surface area contributed by atoms with Crippen LogP contribution >= 0.6 is 22.6 Å². The van der Waals surface area contributed by atoms with Crippen LogP contribution in [0.1, 0.15) is 6.92 Å². The SMILES string of the molecule is CCN1CCN(c2ccccc2NC(=O)COc2ccc(I)cc2)CC1. The summed E-state index contributed by atoms with van der Waals surface area (Å²) in [6.45, 7) is 7.32. The molecule has 138 valence electrons. The molecular formula is C20H24IN3O2. The van der Waals surface area contributed by atoms with Crippen LogP contribution in [-0.4, -0.2) is 50.1 Å². The average molecular weight is 465 g/mol. The van der Waals surface area contributed by atoms with E-state index in [0.29, 0.717) is 5.75 Å². The fraction of sp³-hybridized carbons (Fsp3) is 0.350. The lowest BCUT2D eigenvalue weighted by Gasteiger charge is -2.36. The molecule has 1 aliphatic heterocycles. The second-order valence-corrected chi connectivity index (χ2v) is 7.47. The molecule has 2 aromatic carbocycles. The molecule has 0 aliphatic carbocycles. The molecule has 1 heterocycles. The second kappa shape index (κ2) is 9.23. The Labute approximate surface area is 168 Å². The van der Waals surface area contributed by atoms with Crippen molar-refractivity contribution >= 4 is 39.9 Å². The van der Waals surface area contributed by atoms with Crippen molar-refractivity contribution in [1.29, 1.82) is 0 Å². The molecule has 1 aliphatic rings. The first-order chi connectivity index (χ1) is 12.7. The van der Waals surface area contributed by atoms with Gasteiger partial charge < -0.3 is 19.9 Å².